The summed E-state index contributed by atoms with van der Waals surface area (Å²) in [7, 11) is -2.55. The number of benzene rings is 1. The van der Waals surface area contributed by atoms with Crippen LogP contribution in [0.5, 0.6) is 0 Å². The first-order valence-electron chi connectivity index (χ1n) is 6.17. The molecule has 116 valence electrons. The summed E-state index contributed by atoms with van der Waals surface area (Å²) in [4.78, 5) is 15.7. The average Bonchev–Trinajstić information content (AvgIpc) is 2.46. The van der Waals surface area contributed by atoms with Gasteiger partial charge in [-0.2, -0.15) is 0 Å². The summed E-state index contributed by atoms with van der Waals surface area (Å²) in [5.41, 5.74) is 1.31. The number of sulfonamides is 1. The summed E-state index contributed by atoms with van der Waals surface area (Å²) >= 11 is 1.95. The minimum atomic E-state index is -3.80. The Bertz CT molecular complexity index is 821. The topological polar surface area (TPSA) is 85.4 Å². The van der Waals surface area contributed by atoms with E-state index in [2.05, 4.69) is 14.4 Å². The number of rotatable bonds is 4. The molecule has 0 amide bonds. The molecule has 0 atom stereocenters. The maximum absolute atomic E-state index is 12.4. The van der Waals surface area contributed by atoms with Gasteiger partial charge < -0.3 is 4.74 Å². The van der Waals surface area contributed by atoms with Gasteiger partial charge in [-0.15, -0.1) is 0 Å². The van der Waals surface area contributed by atoms with Gasteiger partial charge in [-0.3, -0.25) is 9.71 Å². The molecule has 0 bridgehead atoms. The molecule has 0 aliphatic carbocycles. The fourth-order valence-electron chi connectivity index (χ4n) is 1.76. The molecular formula is C14H13IN2O4S. The highest BCUT2D eigenvalue weighted by Crippen LogP contribution is 2.21. The third kappa shape index (κ3) is 3.74. The lowest BCUT2D eigenvalue weighted by Crippen LogP contribution is -2.14. The molecule has 1 aromatic heterocycles. The summed E-state index contributed by atoms with van der Waals surface area (Å²) in [6, 6.07) is 7.46. The van der Waals surface area contributed by atoms with E-state index in [1.165, 1.54) is 25.4 Å². The Hall–Kier alpha value is -1.68. The normalized spacial score (nSPS) is 11.0. The van der Waals surface area contributed by atoms with Gasteiger partial charge in [-0.25, -0.2) is 13.2 Å². The van der Waals surface area contributed by atoms with Crippen LogP contribution in [0.4, 0.5) is 5.69 Å². The maximum atomic E-state index is 12.4. The Balaban J connectivity index is 2.39. The van der Waals surface area contributed by atoms with Crippen molar-refractivity contribution in [2.45, 2.75) is 11.8 Å². The standard InChI is InChI=1S/C14H13IN2O4S/c1-9-7-10(5-6-16-9)17-22(19,20)11-3-4-13(15)12(8-11)14(18)21-2/h3-8H,1-2H3,(H,16,17). The minimum Gasteiger partial charge on any atom is -0.465 e. The highest BCUT2D eigenvalue weighted by molar-refractivity contribution is 14.1. The summed E-state index contributed by atoms with van der Waals surface area (Å²) in [6.45, 7) is 1.76. The SMILES string of the molecule is COC(=O)c1cc(S(=O)(=O)Nc2ccnc(C)c2)ccc1I. The van der Waals surface area contributed by atoms with E-state index in [4.69, 9.17) is 0 Å². The number of esters is 1. The van der Waals surface area contributed by atoms with E-state index in [9.17, 15) is 13.2 Å². The van der Waals surface area contributed by atoms with Crippen LogP contribution < -0.4 is 4.72 Å². The van der Waals surface area contributed by atoms with Gasteiger partial charge in [0.25, 0.3) is 10.0 Å². The van der Waals surface area contributed by atoms with Crippen molar-refractivity contribution in [1.29, 1.82) is 0 Å². The number of halogens is 1. The number of hydrogen-bond donors (Lipinski definition) is 1. The lowest BCUT2D eigenvalue weighted by molar-refractivity contribution is 0.0599. The Morgan fingerprint density at radius 2 is 2.00 bits per heavy atom. The fourth-order valence-corrected chi connectivity index (χ4v) is 3.39. The van der Waals surface area contributed by atoms with Crippen LogP contribution in [0.25, 0.3) is 0 Å². The molecule has 0 saturated heterocycles. The van der Waals surface area contributed by atoms with Crippen molar-refractivity contribution in [3.63, 3.8) is 0 Å². The number of carbonyl (C=O) groups excluding carboxylic acids is 1. The second-order valence-corrected chi connectivity index (χ2v) is 7.27. The number of pyridine rings is 1. The van der Waals surface area contributed by atoms with E-state index in [-0.39, 0.29) is 10.5 Å². The number of nitrogens with zero attached hydrogens (tertiary/aromatic N) is 1. The van der Waals surface area contributed by atoms with Crippen LogP contribution in [-0.4, -0.2) is 26.5 Å². The highest BCUT2D eigenvalue weighted by Gasteiger charge is 2.19. The van der Waals surface area contributed by atoms with Gasteiger partial charge in [0.1, 0.15) is 0 Å². The zero-order valence-corrected chi connectivity index (χ0v) is 14.8. The van der Waals surface area contributed by atoms with Crippen molar-refractivity contribution in [2.24, 2.45) is 0 Å². The van der Waals surface area contributed by atoms with Gasteiger partial charge in [-0.05, 0) is 59.8 Å². The van der Waals surface area contributed by atoms with E-state index in [0.29, 0.717) is 15.0 Å². The molecule has 1 aromatic carbocycles. The van der Waals surface area contributed by atoms with Gasteiger partial charge in [0.05, 0.1) is 23.3 Å². The number of aryl methyl sites for hydroxylation is 1. The van der Waals surface area contributed by atoms with Gasteiger partial charge in [0.2, 0.25) is 0 Å². The highest BCUT2D eigenvalue weighted by atomic mass is 127. The molecule has 2 aromatic rings. The lowest BCUT2D eigenvalue weighted by Gasteiger charge is -2.10. The average molecular weight is 432 g/mol. The molecule has 0 aliphatic rings. The number of hydrogen-bond acceptors (Lipinski definition) is 5. The molecule has 0 spiro atoms. The number of carbonyl (C=O) groups is 1. The Morgan fingerprint density at radius 3 is 2.64 bits per heavy atom. The zero-order valence-electron chi connectivity index (χ0n) is 11.8. The molecule has 0 radical (unpaired) electrons. The predicted molar refractivity (Wildman–Crippen MR) is 90.3 cm³/mol. The van der Waals surface area contributed by atoms with Crippen LogP contribution in [0.3, 0.4) is 0 Å². The second kappa shape index (κ2) is 6.61. The van der Waals surface area contributed by atoms with Crippen LogP contribution in [-0.2, 0) is 14.8 Å². The third-order valence-electron chi connectivity index (χ3n) is 2.80. The first-order valence-corrected chi connectivity index (χ1v) is 8.73. The van der Waals surface area contributed by atoms with Crippen LogP contribution >= 0.6 is 22.6 Å². The smallest absolute Gasteiger partial charge is 0.338 e. The van der Waals surface area contributed by atoms with E-state index < -0.39 is 16.0 Å². The second-order valence-electron chi connectivity index (χ2n) is 4.42. The van der Waals surface area contributed by atoms with Crippen molar-refractivity contribution in [2.75, 3.05) is 11.8 Å². The predicted octanol–water partition coefficient (Wildman–Crippen LogP) is 2.58. The van der Waals surface area contributed by atoms with Crippen molar-refractivity contribution >= 4 is 44.3 Å². The maximum Gasteiger partial charge on any atom is 0.338 e. The van der Waals surface area contributed by atoms with Gasteiger partial charge in [0, 0.05) is 15.5 Å². The quantitative estimate of drug-likeness (QED) is 0.593. The number of aromatic nitrogens is 1. The molecule has 0 saturated carbocycles. The number of nitrogens with one attached hydrogen (secondary N) is 1. The van der Waals surface area contributed by atoms with Gasteiger partial charge in [0.15, 0.2) is 0 Å². The van der Waals surface area contributed by atoms with E-state index in [0.717, 1.165) is 0 Å². The molecule has 0 unspecified atom stereocenters. The number of anilines is 1. The molecule has 22 heavy (non-hydrogen) atoms. The summed E-state index contributed by atoms with van der Waals surface area (Å²) in [6.07, 6.45) is 1.51. The van der Waals surface area contributed by atoms with Gasteiger partial charge in [-0.1, -0.05) is 0 Å². The summed E-state index contributed by atoms with van der Waals surface area (Å²) in [5.74, 6) is -0.582. The third-order valence-corrected chi connectivity index (χ3v) is 5.12. The number of ether oxygens (including phenoxy) is 1. The van der Waals surface area contributed by atoms with Crippen LogP contribution in [0.15, 0.2) is 41.4 Å². The number of methoxy groups -OCH3 is 1. The van der Waals surface area contributed by atoms with Crippen molar-refractivity contribution in [1.82, 2.24) is 4.98 Å². The Kier molecular flexibility index (Phi) is 5.01. The first kappa shape index (κ1) is 16.7. The van der Waals surface area contributed by atoms with Crippen molar-refractivity contribution < 1.29 is 17.9 Å². The largest absolute Gasteiger partial charge is 0.465 e. The molecule has 8 heteroatoms. The van der Waals surface area contributed by atoms with E-state index >= 15 is 0 Å². The zero-order chi connectivity index (χ0) is 16.3. The summed E-state index contributed by atoms with van der Waals surface area (Å²) in [5, 5.41) is 0. The first-order chi connectivity index (χ1) is 10.3. The molecule has 0 fully saturated rings. The Labute approximate surface area is 142 Å². The van der Waals surface area contributed by atoms with Crippen LogP contribution in [0, 0.1) is 10.5 Å². The molecule has 6 nitrogen and oxygen atoms in total. The molecule has 1 heterocycles. The fraction of sp³-hybridized carbons (Fsp3) is 0.143. The van der Waals surface area contributed by atoms with Crippen LogP contribution in [0.2, 0.25) is 0 Å². The molecule has 0 aliphatic heterocycles. The van der Waals surface area contributed by atoms with Crippen LogP contribution in [0.1, 0.15) is 16.1 Å². The summed E-state index contributed by atoms with van der Waals surface area (Å²) < 4.78 is 32.5. The van der Waals surface area contributed by atoms with E-state index in [1.54, 1.807) is 25.1 Å². The molecule has 1 N–H and O–H groups in total. The molecule has 2 rings (SSSR count). The molecular weight excluding hydrogens is 419 g/mol. The van der Waals surface area contributed by atoms with Crippen molar-refractivity contribution in [3.8, 4) is 0 Å². The monoisotopic (exact) mass is 432 g/mol. The van der Waals surface area contributed by atoms with Crippen molar-refractivity contribution in [3.05, 3.63) is 51.4 Å². The lowest BCUT2D eigenvalue weighted by atomic mass is 10.2. The minimum absolute atomic E-state index is 0.0113. The van der Waals surface area contributed by atoms with E-state index in [1.807, 2.05) is 22.6 Å². The van der Waals surface area contributed by atoms with Gasteiger partial charge >= 0.3 is 5.97 Å². The Morgan fingerprint density at radius 1 is 1.27 bits per heavy atom.